The fraction of sp³-hybridized carbons (Fsp3) is 0.412. The molecule has 0 fully saturated rings. The van der Waals surface area contributed by atoms with E-state index in [4.69, 9.17) is 0 Å². The Morgan fingerprint density at radius 2 is 2.19 bits per heavy atom. The summed E-state index contributed by atoms with van der Waals surface area (Å²) in [6.07, 6.45) is 3.59. The largest absolute Gasteiger partial charge is 0.299 e. The smallest absolute Gasteiger partial charge is 0.146 e. The van der Waals surface area contributed by atoms with Crippen LogP contribution in [0.5, 0.6) is 0 Å². The number of aryl methyl sites for hydroxylation is 3. The number of rotatable bonds is 3. The number of benzene rings is 1. The number of aromatic nitrogens is 2. The van der Waals surface area contributed by atoms with Crippen LogP contribution >= 0.6 is 15.9 Å². The van der Waals surface area contributed by atoms with Crippen LogP contribution in [0.25, 0.3) is 0 Å². The molecule has 1 aliphatic rings. The lowest BCUT2D eigenvalue weighted by molar-refractivity contribution is -0.120. The first-order chi connectivity index (χ1) is 10.1. The summed E-state index contributed by atoms with van der Waals surface area (Å²) < 4.78 is 2.77. The molecule has 1 heterocycles. The molecule has 0 saturated carbocycles. The Labute approximate surface area is 133 Å². The summed E-state index contributed by atoms with van der Waals surface area (Å²) in [5.74, 6) is 0.336. The molecular weight excluding hydrogens is 328 g/mol. The van der Waals surface area contributed by atoms with Crippen molar-refractivity contribution in [1.29, 1.82) is 0 Å². The predicted octanol–water partition coefficient (Wildman–Crippen LogP) is 3.72. The van der Waals surface area contributed by atoms with E-state index in [2.05, 4.69) is 39.2 Å². The topological polar surface area (TPSA) is 34.9 Å². The zero-order chi connectivity index (χ0) is 15.0. The van der Waals surface area contributed by atoms with Gasteiger partial charge >= 0.3 is 0 Å². The molecular formula is C17H19BrN2O. The lowest BCUT2D eigenvalue weighted by atomic mass is 9.79. The van der Waals surface area contributed by atoms with Crippen LogP contribution in [0, 0.1) is 6.92 Å². The molecule has 0 radical (unpaired) electrons. The highest BCUT2D eigenvalue weighted by atomic mass is 79.9. The SMILES string of the molecule is Cc1nn(C)c(CC(=O)C2CCCc3ccccc32)c1Br. The fourth-order valence-electron chi connectivity index (χ4n) is 3.25. The zero-order valence-corrected chi connectivity index (χ0v) is 14.0. The molecule has 110 valence electrons. The summed E-state index contributed by atoms with van der Waals surface area (Å²) in [6.45, 7) is 1.95. The van der Waals surface area contributed by atoms with Crippen molar-refractivity contribution in [2.24, 2.45) is 7.05 Å². The van der Waals surface area contributed by atoms with E-state index in [1.165, 1.54) is 11.1 Å². The van der Waals surface area contributed by atoms with E-state index in [0.29, 0.717) is 12.2 Å². The van der Waals surface area contributed by atoms with E-state index in [1.54, 1.807) is 0 Å². The first kappa shape index (κ1) is 14.5. The van der Waals surface area contributed by atoms with Crippen LogP contribution in [-0.4, -0.2) is 15.6 Å². The van der Waals surface area contributed by atoms with Gasteiger partial charge in [0.15, 0.2) is 0 Å². The van der Waals surface area contributed by atoms with Gasteiger partial charge < -0.3 is 0 Å². The van der Waals surface area contributed by atoms with Crippen LogP contribution in [0.1, 0.15) is 41.3 Å². The maximum Gasteiger partial charge on any atom is 0.146 e. The van der Waals surface area contributed by atoms with Crippen LogP contribution in [-0.2, 0) is 24.7 Å². The third-order valence-electron chi connectivity index (χ3n) is 4.36. The summed E-state index contributed by atoms with van der Waals surface area (Å²) in [7, 11) is 1.90. The third-order valence-corrected chi connectivity index (χ3v) is 5.39. The Morgan fingerprint density at radius 3 is 2.90 bits per heavy atom. The molecule has 0 aliphatic heterocycles. The Hall–Kier alpha value is -1.42. The van der Waals surface area contributed by atoms with E-state index < -0.39 is 0 Å². The van der Waals surface area contributed by atoms with Crippen molar-refractivity contribution in [2.45, 2.75) is 38.5 Å². The van der Waals surface area contributed by atoms with Crippen molar-refractivity contribution in [3.05, 3.63) is 51.3 Å². The van der Waals surface area contributed by atoms with E-state index in [0.717, 1.165) is 35.1 Å². The molecule has 1 atom stereocenters. The molecule has 0 saturated heterocycles. The summed E-state index contributed by atoms with van der Waals surface area (Å²) >= 11 is 3.55. The Balaban J connectivity index is 1.87. The standard InChI is InChI=1S/C17H19BrN2O/c1-11-17(18)15(20(2)19-11)10-16(21)14-9-5-7-12-6-3-4-8-13(12)14/h3-4,6,8,14H,5,7,9-10H2,1-2H3. The predicted molar refractivity (Wildman–Crippen MR) is 86.5 cm³/mol. The van der Waals surface area contributed by atoms with Gasteiger partial charge in [0.25, 0.3) is 0 Å². The van der Waals surface area contributed by atoms with E-state index >= 15 is 0 Å². The second kappa shape index (κ2) is 5.76. The van der Waals surface area contributed by atoms with Crippen molar-refractivity contribution in [1.82, 2.24) is 9.78 Å². The first-order valence-corrected chi connectivity index (χ1v) is 8.15. The molecule has 21 heavy (non-hydrogen) atoms. The van der Waals surface area contributed by atoms with Crippen molar-refractivity contribution < 1.29 is 4.79 Å². The Morgan fingerprint density at radius 1 is 1.43 bits per heavy atom. The van der Waals surface area contributed by atoms with E-state index in [1.807, 2.05) is 24.7 Å². The zero-order valence-electron chi connectivity index (χ0n) is 12.4. The number of halogens is 1. The summed E-state index contributed by atoms with van der Waals surface area (Å²) in [4.78, 5) is 12.8. The average molecular weight is 347 g/mol. The van der Waals surface area contributed by atoms with Gasteiger partial charge in [0.2, 0.25) is 0 Å². The molecule has 0 N–H and O–H groups in total. The molecule has 3 nitrogen and oxygen atoms in total. The fourth-order valence-corrected chi connectivity index (χ4v) is 3.72. The maximum absolute atomic E-state index is 12.8. The lowest BCUT2D eigenvalue weighted by Crippen LogP contribution is -2.21. The van der Waals surface area contributed by atoms with Crippen molar-refractivity contribution >= 4 is 21.7 Å². The number of Topliss-reactive ketones (excluding diaryl/α,β-unsaturated/α-hetero) is 1. The minimum absolute atomic E-state index is 0.0389. The molecule has 1 aliphatic carbocycles. The Kier molecular flexibility index (Phi) is 3.98. The number of nitrogens with zero attached hydrogens (tertiary/aromatic N) is 2. The van der Waals surface area contributed by atoms with Crippen molar-refractivity contribution in [3.63, 3.8) is 0 Å². The second-order valence-corrected chi connectivity index (χ2v) is 6.55. The normalized spacial score (nSPS) is 17.6. The highest BCUT2D eigenvalue weighted by Gasteiger charge is 2.27. The van der Waals surface area contributed by atoms with Gasteiger partial charge in [-0.1, -0.05) is 24.3 Å². The molecule has 1 aromatic heterocycles. The quantitative estimate of drug-likeness (QED) is 0.848. The third kappa shape index (κ3) is 2.69. The second-order valence-electron chi connectivity index (χ2n) is 5.76. The van der Waals surface area contributed by atoms with Gasteiger partial charge in [-0.2, -0.15) is 5.10 Å². The van der Waals surface area contributed by atoms with Gasteiger partial charge in [-0.3, -0.25) is 9.48 Å². The van der Waals surface area contributed by atoms with Gasteiger partial charge in [0.05, 0.1) is 22.3 Å². The van der Waals surface area contributed by atoms with Crippen LogP contribution in [0.3, 0.4) is 0 Å². The van der Waals surface area contributed by atoms with Crippen LogP contribution in [0.15, 0.2) is 28.7 Å². The molecule has 0 spiro atoms. The number of ketones is 1. The molecule has 1 unspecified atom stereocenters. The van der Waals surface area contributed by atoms with E-state index in [-0.39, 0.29) is 5.92 Å². The van der Waals surface area contributed by atoms with Gasteiger partial charge in [-0.25, -0.2) is 0 Å². The molecule has 1 aromatic carbocycles. The molecule has 2 aromatic rings. The van der Waals surface area contributed by atoms with Crippen molar-refractivity contribution in [2.75, 3.05) is 0 Å². The maximum atomic E-state index is 12.8. The number of fused-ring (bicyclic) bond motifs is 1. The molecule has 3 rings (SSSR count). The van der Waals surface area contributed by atoms with Gasteiger partial charge in [-0.05, 0) is 53.2 Å². The summed E-state index contributed by atoms with van der Waals surface area (Å²) in [5, 5.41) is 4.37. The number of carbonyl (C=O) groups is 1. The number of hydrogen-bond donors (Lipinski definition) is 0. The minimum Gasteiger partial charge on any atom is -0.299 e. The lowest BCUT2D eigenvalue weighted by Gasteiger charge is -2.24. The average Bonchev–Trinajstić information content (AvgIpc) is 2.73. The minimum atomic E-state index is 0.0389. The van der Waals surface area contributed by atoms with Crippen LogP contribution in [0.2, 0.25) is 0 Å². The van der Waals surface area contributed by atoms with Gasteiger partial charge in [0.1, 0.15) is 5.78 Å². The number of carbonyl (C=O) groups excluding carboxylic acids is 1. The van der Waals surface area contributed by atoms with E-state index in [9.17, 15) is 4.79 Å². The highest BCUT2D eigenvalue weighted by Crippen LogP contribution is 2.33. The van der Waals surface area contributed by atoms with Crippen LogP contribution < -0.4 is 0 Å². The summed E-state index contributed by atoms with van der Waals surface area (Å²) in [5.41, 5.74) is 4.47. The first-order valence-electron chi connectivity index (χ1n) is 7.36. The Bertz CT molecular complexity index is 690. The molecule has 4 heteroatoms. The molecule has 0 amide bonds. The monoisotopic (exact) mass is 346 g/mol. The van der Waals surface area contributed by atoms with Gasteiger partial charge in [0, 0.05) is 13.0 Å². The van der Waals surface area contributed by atoms with Crippen LogP contribution in [0.4, 0.5) is 0 Å². The molecule has 0 bridgehead atoms. The van der Waals surface area contributed by atoms with Gasteiger partial charge in [-0.15, -0.1) is 0 Å². The highest BCUT2D eigenvalue weighted by molar-refractivity contribution is 9.10. The summed E-state index contributed by atoms with van der Waals surface area (Å²) in [6, 6.07) is 8.36. The number of hydrogen-bond acceptors (Lipinski definition) is 2. The van der Waals surface area contributed by atoms with Crippen molar-refractivity contribution in [3.8, 4) is 0 Å².